The van der Waals surface area contributed by atoms with Crippen LogP contribution in [0.25, 0.3) is 5.69 Å². The predicted octanol–water partition coefficient (Wildman–Crippen LogP) is 3.53. The van der Waals surface area contributed by atoms with Gasteiger partial charge in [-0.15, -0.1) is 0 Å². The fourth-order valence-corrected chi connectivity index (χ4v) is 3.13. The Morgan fingerprint density at radius 1 is 0.929 bits per heavy atom. The number of aromatic nitrogens is 2. The molecule has 0 fully saturated rings. The normalized spacial score (nSPS) is 11.0. The second kappa shape index (κ2) is 9.33. The van der Waals surface area contributed by atoms with Gasteiger partial charge in [0.25, 0.3) is 0 Å². The largest absolute Gasteiger partial charge is 0.340 e. The van der Waals surface area contributed by atoms with Crippen molar-refractivity contribution in [2.45, 2.75) is 26.4 Å². The highest BCUT2D eigenvalue weighted by Crippen LogP contribution is 2.10. The molecule has 1 amide bonds. The third kappa shape index (κ3) is 5.30. The van der Waals surface area contributed by atoms with Crippen molar-refractivity contribution in [3.05, 3.63) is 83.7 Å². The van der Waals surface area contributed by atoms with E-state index in [1.54, 1.807) is 4.90 Å². The number of para-hydroxylation sites is 1. The lowest BCUT2D eigenvalue weighted by Crippen LogP contribution is -2.36. The van der Waals surface area contributed by atoms with Gasteiger partial charge >= 0.3 is 0 Å². The molecule has 0 aliphatic heterocycles. The minimum Gasteiger partial charge on any atom is -0.340 e. The number of nitrogens with zero attached hydrogens (tertiary/aromatic N) is 4. The van der Waals surface area contributed by atoms with Gasteiger partial charge in [0.2, 0.25) is 5.91 Å². The van der Waals surface area contributed by atoms with Crippen molar-refractivity contribution < 1.29 is 4.79 Å². The first kappa shape index (κ1) is 19.8. The lowest BCUT2D eigenvalue weighted by atomic mass is 10.1. The van der Waals surface area contributed by atoms with E-state index in [2.05, 4.69) is 36.3 Å². The van der Waals surface area contributed by atoms with Crippen LogP contribution in [0.15, 0.2) is 67.0 Å². The Morgan fingerprint density at radius 3 is 2.29 bits per heavy atom. The number of benzene rings is 2. The van der Waals surface area contributed by atoms with Gasteiger partial charge in [-0.05, 0) is 36.7 Å². The first-order chi connectivity index (χ1) is 13.5. The fourth-order valence-electron chi connectivity index (χ4n) is 3.13. The Balaban J connectivity index is 1.51. The van der Waals surface area contributed by atoms with Crippen molar-refractivity contribution in [3.8, 4) is 5.69 Å². The van der Waals surface area contributed by atoms with Gasteiger partial charge in [-0.25, -0.2) is 4.68 Å². The molecule has 0 saturated carbocycles. The van der Waals surface area contributed by atoms with Crippen LogP contribution in [0.4, 0.5) is 0 Å². The van der Waals surface area contributed by atoms with Gasteiger partial charge in [-0.1, -0.05) is 49.4 Å². The number of hydrogen-bond donors (Lipinski definition) is 0. The van der Waals surface area contributed by atoms with Crippen molar-refractivity contribution in [2.75, 3.05) is 20.6 Å². The van der Waals surface area contributed by atoms with Gasteiger partial charge in [-0.3, -0.25) is 9.69 Å². The second-order valence-electron chi connectivity index (χ2n) is 7.22. The fraction of sp³-hybridized carbons (Fsp3) is 0.304. The second-order valence-corrected chi connectivity index (χ2v) is 7.22. The number of aryl methyl sites for hydroxylation is 1. The molecule has 0 unspecified atom stereocenters. The molecule has 2 aromatic carbocycles. The highest BCUT2D eigenvalue weighted by molar-refractivity contribution is 5.77. The molecule has 0 N–H and O–H groups in total. The van der Waals surface area contributed by atoms with Crippen LogP contribution in [-0.2, 0) is 24.3 Å². The number of carbonyl (C=O) groups is 1. The van der Waals surface area contributed by atoms with E-state index >= 15 is 0 Å². The molecule has 0 atom stereocenters. The van der Waals surface area contributed by atoms with Gasteiger partial charge in [0.15, 0.2) is 0 Å². The molecule has 3 aromatic rings. The molecule has 5 heteroatoms. The zero-order valence-electron chi connectivity index (χ0n) is 16.9. The molecule has 0 bridgehead atoms. The lowest BCUT2D eigenvalue weighted by Gasteiger charge is -2.21. The number of likely N-dealkylation sites (N-methyl/N-ethyl adjacent to an activating group) is 2. The van der Waals surface area contributed by atoms with Gasteiger partial charge in [0.05, 0.1) is 18.4 Å². The molecule has 0 spiro atoms. The Hall–Kier alpha value is -2.92. The quantitative estimate of drug-likeness (QED) is 0.604. The molecule has 0 aliphatic rings. The Bertz CT molecular complexity index is 886. The first-order valence-corrected chi connectivity index (χ1v) is 9.64. The van der Waals surface area contributed by atoms with Gasteiger partial charge in [0.1, 0.15) is 0 Å². The molecule has 1 aromatic heterocycles. The third-order valence-corrected chi connectivity index (χ3v) is 4.79. The zero-order valence-corrected chi connectivity index (χ0v) is 16.9. The van der Waals surface area contributed by atoms with Gasteiger partial charge < -0.3 is 4.90 Å². The van der Waals surface area contributed by atoms with Crippen LogP contribution in [-0.4, -0.2) is 46.1 Å². The van der Waals surface area contributed by atoms with E-state index in [1.807, 2.05) is 66.4 Å². The monoisotopic (exact) mass is 376 g/mol. The summed E-state index contributed by atoms with van der Waals surface area (Å²) in [6.07, 6.45) is 4.89. The molecule has 146 valence electrons. The smallest absolute Gasteiger partial charge is 0.236 e. The van der Waals surface area contributed by atoms with Gasteiger partial charge in [0, 0.05) is 31.9 Å². The Morgan fingerprint density at radius 2 is 1.61 bits per heavy atom. The van der Waals surface area contributed by atoms with E-state index in [9.17, 15) is 4.79 Å². The SMILES string of the molecule is CCc1ccc(CN(C)C(=O)CN(C)Cc2cnn(-c3ccccc3)c2)cc1. The van der Waals surface area contributed by atoms with Crippen molar-refractivity contribution >= 4 is 5.91 Å². The number of carbonyl (C=O) groups excluding carboxylic acids is 1. The van der Waals surface area contributed by atoms with Crippen LogP contribution in [0.5, 0.6) is 0 Å². The molecule has 28 heavy (non-hydrogen) atoms. The highest BCUT2D eigenvalue weighted by atomic mass is 16.2. The van der Waals surface area contributed by atoms with E-state index in [1.165, 1.54) is 5.56 Å². The summed E-state index contributed by atoms with van der Waals surface area (Å²) in [6.45, 7) is 3.82. The Kier molecular flexibility index (Phi) is 6.61. The van der Waals surface area contributed by atoms with Crippen molar-refractivity contribution in [1.29, 1.82) is 0 Å². The molecule has 1 heterocycles. The summed E-state index contributed by atoms with van der Waals surface area (Å²) in [6, 6.07) is 18.5. The highest BCUT2D eigenvalue weighted by Gasteiger charge is 2.13. The summed E-state index contributed by atoms with van der Waals surface area (Å²) in [5, 5.41) is 4.42. The minimum absolute atomic E-state index is 0.109. The average molecular weight is 377 g/mol. The van der Waals surface area contributed by atoms with E-state index < -0.39 is 0 Å². The maximum Gasteiger partial charge on any atom is 0.236 e. The van der Waals surface area contributed by atoms with Crippen LogP contribution in [0, 0.1) is 0 Å². The molecule has 3 rings (SSSR count). The van der Waals surface area contributed by atoms with Crippen LogP contribution < -0.4 is 0 Å². The van der Waals surface area contributed by atoms with Crippen LogP contribution in [0.3, 0.4) is 0 Å². The molecule has 0 radical (unpaired) electrons. The average Bonchev–Trinajstić information content (AvgIpc) is 3.17. The number of amides is 1. The lowest BCUT2D eigenvalue weighted by molar-refractivity contribution is -0.131. The molecular weight excluding hydrogens is 348 g/mol. The summed E-state index contributed by atoms with van der Waals surface area (Å²) in [5.74, 6) is 0.109. The maximum atomic E-state index is 12.6. The van der Waals surface area contributed by atoms with Crippen molar-refractivity contribution in [3.63, 3.8) is 0 Å². The maximum absolute atomic E-state index is 12.6. The van der Waals surface area contributed by atoms with Crippen LogP contribution >= 0.6 is 0 Å². The standard InChI is InChI=1S/C23H28N4O/c1-4-19-10-12-20(13-11-19)16-26(3)23(28)18-25(2)15-21-14-24-27(17-21)22-8-6-5-7-9-22/h5-14,17H,4,15-16,18H2,1-3H3. The van der Waals surface area contributed by atoms with Crippen LogP contribution in [0.1, 0.15) is 23.6 Å². The van der Waals surface area contributed by atoms with E-state index in [-0.39, 0.29) is 5.91 Å². The molecular formula is C23H28N4O. The minimum atomic E-state index is 0.109. The molecule has 0 saturated heterocycles. The molecule has 5 nitrogen and oxygen atoms in total. The number of rotatable bonds is 8. The predicted molar refractivity (Wildman–Crippen MR) is 112 cm³/mol. The number of hydrogen-bond acceptors (Lipinski definition) is 3. The summed E-state index contributed by atoms with van der Waals surface area (Å²) < 4.78 is 1.86. The van der Waals surface area contributed by atoms with Gasteiger partial charge in [-0.2, -0.15) is 5.10 Å². The summed E-state index contributed by atoms with van der Waals surface area (Å²) >= 11 is 0. The zero-order chi connectivity index (χ0) is 19.9. The van der Waals surface area contributed by atoms with Crippen molar-refractivity contribution in [1.82, 2.24) is 19.6 Å². The van der Waals surface area contributed by atoms with Crippen LogP contribution in [0.2, 0.25) is 0 Å². The molecule has 0 aliphatic carbocycles. The van der Waals surface area contributed by atoms with Crippen molar-refractivity contribution in [2.24, 2.45) is 0 Å². The third-order valence-electron chi connectivity index (χ3n) is 4.79. The van der Waals surface area contributed by atoms with E-state index in [0.29, 0.717) is 19.6 Å². The van der Waals surface area contributed by atoms with E-state index in [4.69, 9.17) is 0 Å². The topological polar surface area (TPSA) is 41.4 Å². The summed E-state index contributed by atoms with van der Waals surface area (Å²) in [7, 11) is 3.82. The summed E-state index contributed by atoms with van der Waals surface area (Å²) in [4.78, 5) is 16.4. The van der Waals surface area contributed by atoms with E-state index in [0.717, 1.165) is 23.2 Å². The first-order valence-electron chi connectivity index (χ1n) is 9.64. The summed E-state index contributed by atoms with van der Waals surface area (Å²) in [5.41, 5.74) is 4.58. The Labute approximate surface area is 167 Å².